The first-order valence-electron chi connectivity index (χ1n) is 6.50. The summed E-state index contributed by atoms with van der Waals surface area (Å²) >= 11 is 0. The van der Waals surface area contributed by atoms with E-state index in [1.807, 2.05) is 0 Å². The smallest absolute Gasteiger partial charge is 0.412 e. The molecule has 1 rings (SSSR count). The van der Waals surface area contributed by atoms with Gasteiger partial charge < -0.3 is 25.8 Å². The highest BCUT2D eigenvalue weighted by molar-refractivity contribution is 5.87. The third-order valence-electron chi connectivity index (χ3n) is 2.62. The third-order valence-corrected chi connectivity index (χ3v) is 2.62. The number of hydrogen-bond acceptors (Lipinski definition) is 6. The fourth-order valence-electron chi connectivity index (χ4n) is 1.59. The number of carboxylic acids is 1. The van der Waals surface area contributed by atoms with Crippen LogP contribution in [0.1, 0.15) is 32.4 Å². The molecule has 2 unspecified atom stereocenters. The lowest BCUT2D eigenvalue weighted by Crippen LogP contribution is -2.36. The number of aliphatic hydroxyl groups is 1. The van der Waals surface area contributed by atoms with E-state index in [1.165, 1.54) is 12.1 Å². The standard InChI is InChI=1S/C14H20N2O6/c1-14(2,3)22-13(21)16-8-5-4-7(6-9(8)17)11(18)10(15)12(19)20/h4-6,10-11,17-18H,15H2,1-3H3,(H,16,21)(H,19,20). The molecule has 22 heavy (non-hydrogen) atoms. The van der Waals surface area contributed by atoms with Crippen LogP contribution in [0.2, 0.25) is 0 Å². The minimum absolute atomic E-state index is 0.0640. The third kappa shape index (κ3) is 4.90. The van der Waals surface area contributed by atoms with Gasteiger partial charge in [0.05, 0.1) is 5.69 Å². The Hall–Kier alpha value is -2.32. The summed E-state index contributed by atoms with van der Waals surface area (Å²) in [6.07, 6.45) is -2.24. The molecule has 8 nitrogen and oxygen atoms in total. The molecule has 0 fully saturated rings. The van der Waals surface area contributed by atoms with Crippen LogP contribution in [0.5, 0.6) is 5.75 Å². The molecule has 2 atom stereocenters. The molecule has 0 heterocycles. The summed E-state index contributed by atoms with van der Waals surface area (Å²) in [5.41, 5.74) is 4.80. The second kappa shape index (κ2) is 6.63. The summed E-state index contributed by atoms with van der Waals surface area (Å²) in [5, 5.41) is 30.7. The number of carboxylic acid groups (broad SMARTS) is 1. The number of rotatable bonds is 4. The van der Waals surface area contributed by atoms with Gasteiger partial charge in [0, 0.05) is 0 Å². The second-order valence-corrected chi connectivity index (χ2v) is 5.71. The van der Waals surface area contributed by atoms with Crippen molar-refractivity contribution < 1.29 is 29.6 Å². The monoisotopic (exact) mass is 312 g/mol. The van der Waals surface area contributed by atoms with Crippen molar-refractivity contribution in [2.75, 3.05) is 5.32 Å². The van der Waals surface area contributed by atoms with Gasteiger partial charge in [-0.25, -0.2) is 4.79 Å². The minimum atomic E-state index is -1.52. The molecular formula is C14H20N2O6. The first-order valence-corrected chi connectivity index (χ1v) is 6.50. The van der Waals surface area contributed by atoms with Crippen LogP contribution in [-0.2, 0) is 9.53 Å². The van der Waals surface area contributed by atoms with Gasteiger partial charge in [-0.1, -0.05) is 6.07 Å². The van der Waals surface area contributed by atoms with Crippen LogP contribution in [0, 0.1) is 0 Å². The normalized spacial score (nSPS) is 14.0. The number of hydrogen-bond donors (Lipinski definition) is 5. The van der Waals surface area contributed by atoms with Crippen molar-refractivity contribution in [2.45, 2.75) is 38.5 Å². The number of benzene rings is 1. The first-order chi connectivity index (χ1) is 10.0. The number of anilines is 1. The zero-order valence-corrected chi connectivity index (χ0v) is 12.5. The molecule has 6 N–H and O–H groups in total. The lowest BCUT2D eigenvalue weighted by Gasteiger charge is -2.20. The number of aliphatic carboxylic acids is 1. The Morgan fingerprint density at radius 2 is 1.91 bits per heavy atom. The van der Waals surface area contributed by atoms with Crippen LogP contribution < -0.4 is 11.1 Å². The predicted octanol–water partition coefficient (Wildman–Crippen LogP) is 1.18. The van der Waals surface area contributed by atoms with Crippen LogP contribution in [0.15, 0.2) is 18.2 Å². The number of nitrogens with two attached hydrogens (primary N) is 1. The van der Waals surface area contributed by atoms with Crippen molar-refractivity contribution in [1.29, 1.82) is 0 Å². The van der Waals surface area contributed by atoms with Crippen molar-refractivity contribution in [3.63, 3.8) is 0 Å². The molecule has 1 amide bonds. The quantitative estimate of drug-likeness (QED) is 0.525. The summed E-state index contributed by atoms with van der Waals surface area (Å²) in [5.74, 6) is -1.72. The van der Waals surface area contributed by atoms with Gasteiger partial charge in [0.15, 0.2) is 0 Å². The molecule has 0 saturated carbocycles. The van der Waals surface area contributed by atoms with Crippen molar-refractivity contribution >= 4 is 17.7 Å². The van der Waals surface area contributed by atoms with E-state index in [0.29, 0.717) is 0 Å². The number of aromatic hydroxyl groups is 1. The maximum atomic E-state index is 11.6. The Balaban J connectivity index is 2.86. The predicted molar refractivity (Wildman–Crippen MR) is 78.5 cm³/mol. The van der Waals surface area contributed by atoms with Gasteiger partial charge >= 0.3 is 12.1 Å². The number of carbonyl (C=O) groups excluding carboxylic acids is 1. The van der Waals surface area contributed by atoms with Gasteiger partial charge in [-0.05, 0) is 38.5 Å². The molecule has 0 radical (unpaired) electrons. The molecule has 122 valence electrons. The van der Waals surface area contributed by atoms with Gasteiger partial charge in [-0.3, -0.25) is 10.1 Å². The Kier molecular flexibility index (Phi) is 5.34. The number of carbonyl (C=O) groups is 2. The van der Waals surface area contributed by atoms with E-state index in [4.69, 9.17) is 15.6 Å². The number of aliphatic hydroxyl groups excluding tert-OH is 1. The Labute approximate surface area is 127 Å². The summed E-state index contributed by atoms with van der Waals surface area (Å²) in [6, 6.07) is 2.26. The lowest BCUT2D eigenvalue weighted by atomic mass is 10.0. The molecule has 0 aliphatic carbocycles. The van der Waals surface area contributed by atoms with Crippen LogP contribution in [0.3, 0.4) is 0 Å². The van der Waals surface area contributed by atoms with Crippen LogP contribution in [0.4, 0.5) is 10.5 Å². The van der Waals surface area contributed by atoms with Crippen molar-refractivity contribution in [3.8, 4) is 5.75 Å². The highest BCUT2D eigenvalue weighted by Gasteiger charge is 2.24. The zero-order chi connectivity index (χ0) is 17.1. The average Bonchev–Trinajstić information content (AvgIpc) is 2.37. The Bertz CT molecular complexity index is 567. The zero-order valence-electron chi connectivity index (χ0n) is 12.5. The van der Waals surface area contributed by atoms with E-state index in [0.717, 1.165) is 6.07 Å². The fraction of sp³-hybridized carbons (Fsp3) is 0.429. The molecule has 1 aromatic carbocycles. The van der Waals surface area contributed by atoms with Crippen LogP contribution in [0.25, 0.3) is 0 Å². The van der Waals surface area contributed by atoms with Gasteiger partial charge in [0.1, 0.15) is 23.5 Å². The van der Waals surface area contributed by atoms with Crippen molar-refractivity contribution in [1.82, 2.24) is 0 Å². The minimum Gasteiger partial charge on any atom is -0.506 e. The van der Waals surface area contributed by atoms with Crippen LogP contribution >= 0.6 is 0 Å². The second-order valence-electron chi connectivity index (χ2n) is 5.71. The largest absolute Gasteiger partial charge is 0.506 e. The average molecular weight is 312 g/mol. The fourth-order valence-corrected chi connectivity index (χ4v) is 1.59. The topological polar surface area (TPSA) is 142 Å². The van der Waals surface area contributed by atoms with E-state index < -0.39 is 29.8 Å². The molecule has 0 bridgehead atoms. The Morgan fingerprint density at radius 1 is 1.32 bits per heavy atom. The van der Waals surface area contributed by atoms with Crippen LogP contribution in [-0.4, -0.2) is 39.0 Å². The number of ether oxygens (including phenoxy) is 1. The van der Waals surface area contributed by atoms with E-state index in [1.54, 1.807) is 20.8 Å². The molecular weight excluding hydrogens is 292 g/mol. The van der Waals surface area contributed by atoms with Gasteiger partial charge in [-0.2, -0.15) is 0 Å². The van der Waals surface area contributed by atoms with E-state index in [2.05, 4.69) is 5.32 Å². The van der Waals surface area contributed by atoms with Crippen molar-refractivity contribution in [2.24, 2.45) is 5.73 Å². The maximum Gasteiger partial charge on any atom is 0.412 e. The van der Waals surface area contributed by atoms with Gasteiger partial charge in [0.25, 0.3) is 0 Å². The van der Waals surface area contributed by atoms with Gasteiger partial charge in [-0.15, -0.1) is 0 Å². The molecule has 0 aliphatic rings. The van der Waals surface area contributed by atoms with E-state index >= 15 is 0 Å². The molecule has 0 saturated heterocycles. The first kappa shape index (κ1) is 17.7. The summed E-state index contributed by atoms with van der Waals surface area (Å²) in [6.45, 7) is 5.08. The van der Waals surface area contributed by atoms with E-state index in [9.17, 15) is 19.8 Å². The molecule has 0 aliphatic heterocycles. The summed E-state index contributed by atoms with van der Waals surface area (Å²) in [7, 11) is 0. The number of phenols is 1. The SMILES string of the molecule is CC(C)(C)OC(=O)Nc1ccc(C(O)C(N)C(=O)O)cc1O. The molecule has 8 heteroatoms. The number of nitrogens with one attached hydrogen (secondary N) is 1. The summed E-state index contributed by atoms with van der Waals surface area (Å²) in [4.78, 5) is 22.3. The molecule has 0 aromatic heterocycles. The maximum absolute atomic E-state index is 11.6. The number of phenolic OH excluding ortho intramolecular Hbond substituents is 1. The Morgan fingerprint density at radius 3 is 2.36 bits per heavy atom. The highest BCUT2D eigenvalue weighted by atomic mass is 16.6. The highest BCUT2D eigenvalue weighted by Crippen LogP contribution is 2.28. The van der Waals surface area contributed by atoms with Crippen molar-refractivity contribution in [3.05, 3.63) is 23.8 Å². The summed E-state index contributed by atoms with van der Waals surface area (Å²) < 4.78 is 5.04. The molecule has 1 aromatic rings. The molecule has 0 spiro atoms. The number of amides is 1. The lowest BCUT2D eigenvalue weighted by molar-refractivity contribution is -0.141. The van der Waals surface area contributed by atoms with E-state index in [-0.39, 0.29) is 17.0 Å². The van der Waals surface area contributed by atoms with Gasteiger partial charge in [0.2, 0.25) is 0 Å².